The topological polar surface area (TPSA) is 84.1 Å². The van der Waals surface area contributed by atoms with Gasteiger partial charge in [-0.25, -0.2) is 4.98 Å². The molecule has 0 radical (unpaired) electrons. The van der Waals surface area contributed by atoms with Crippen LogP contribution in [0.3, 0.4) is 0 Å². The van der Waals surface area contributed by atoms with Gasteiger partial charge in [0.1, 0.15) is 15.8 Å². The van der Waals surface area contributed by atoms with Gasteiger partial charge in [0.2, 0.25) is 0 Å². The van der Waals surface area contributed by atoms with Crippen molar-refractivity contribution in [1.29, 1.82) is 0 Å². The van der Waals surface area contributed by atoms with Crippen LogP contribution in [0, 0.1) is 6.92 Å². The van der Waals surface area contributed by atoms with E-state index in [0.717, 1.165) is 47.1 Å². The van der Waals surface area contributed by atoms with E-state index in [9.17, 15) is 0 Å². The van der Waals surface area contributed by atoms with E-state index < -0.39 is 0 Å². The maximum Gasteiger partial charge on any atom is 0.149 e. The number of aliphatic hydroxyl groups excluding tert-OH is 1. The molecule has 2 aromatic heterocycles. The fourth-order valence-electron chi connectivity index (χ4n) is 1.71. The zero-order valence-corrected chi connectivity index (χ0v) is 12.5. The second-order valence-electron chi connectivity index (χ2n) is 4.28. The summed E-state index contributed by atoms with van der Waals surface area (Å²) in [4.78, 5) is 4.46. The zero-order chi connectivity index (χ0) is 13.7. The van der Waals surface area contributed by atoms with E-state index in [0.29, 0.717) is 5.82 Å². The van der Waals surface area contributed by atoms with E-state index in [1.165, 1.54) is 11.5 Å². The molecule has 0 aliphatic carbocycles. The highest BCUT2D eigenvalue weighted by Gasteiger charge is 2.16. The maximum absolute atomic E-state index is 8.73. The van der Waals surface area contributed by atoms with E-state index >= 15 is 0 Å². The molecule has 0 bridgehead atoms. The van der Waals surface area contributed by atoms with Gasteiger partial charge in [-0.05, 0) is 37.7 Å². The number of nitrogens with one attached hydrogen (secondary N) is 1. The second kappa shape index (κ2) is 6.83. The van der Waals surface area contributed by atoms with Crippen LogP contribution in [0.4, 0.5) is 10.8 Å². The smallest absolute Gasteiger partial charge is 0.149 e. The molecule has 4 N–H and O–H groups in total. The number of aryl methyl sites for hydroxylation is 1. The van der Waals surface area contributed by atoms with Gasteiger partial charge in [0.15, 0.2) is 0 Å². The molecule has 0 saturated heterocycles. The van der Waals surface area contributed by atoms with Crippen LogP contribution >= 0.6 is 22.9 Å². The first-order valence-corrected chi connectivity index (χ1v) is 7.90. The van der Waals surface area contributed by atoms with Gasteiger partial charge < -0.3 is 16.2 Å². The molecular formula is C12H18N4OS2. The van der Waals surface area contributed by atoms with Crippen LogP contribution < -0.4 is 11.1 Å². The zero-order valence-electron chi connectivity index (χ0n) is 10.8. The fourth-order valence-corrected chi connectivity index (χ4v) is 3.37. The number of unbranched alkanes of at least 4 members (excludes halogenated alkanes) is 2. The Morgan fingerprint density at radius 1 is 1.37 bits per heavy atom. The predicted molar refractivity (Wildman–Crippen MR) is 81.8 cm³/mol. The molecule has 2 heterocycles. The number of rotatable bonds is 7. The quantitative estimate of drug-likeness (QED) is 0.684. The molecule has 0 fully saturated rings. The van der Waals surface area contributed by atoms with Crippen molar-refractivity contribution in [3.63, 3.8) is 0 Å². The minimum absolute atomic E-state index is 0.261. The summed E-state index contributed by atoms with van der Waals surface area (Å²) in [5, 5.41) is 16.0. The first-order chi connectivity index (χ1) is 9.22. The summed E-state index contributed by atoms with van der Waals surface area (Å²) in [5.74, 6) is 0.539. The summed E-state index contributed by atoms with van der Waals surface area (Å²) in [7, 11) is 0. The van der Waals surface area contributed by atoms with Crippen molar-refractivity contribution in [2.24, 2.45) is 0 Å². The van der Waals surface area contributed by atoms with Crippen molar-refractivity contribution in [3.05, 3.63) is 11.1 Å². The Bertz CT molecular complexity index is 524. The minimum atomic E-state index is 0.261. The Morgan fingerprint density at radius 2 is 2.21 bits per heavy atom. The summed E-state index contributed by atoms with van der Waals surface area (Å²) in [5.41, 5.74) is 7.85. The summed E-state index contributed by atoms with van der Waals surface area (Å²) >= 11 is 2.96. The van der Waals surface area contributed by atoms with Crippen molar-refractivity contribution in [3.8, 4) is 10.6 Å². The number of hydrogen-bond donors (Lipinski definition) is 3. The molecule has 0 aromatic carbocycles. The third kappa shape index (κ3) is 3.65. The Hall–Kier alpha value is -1.18. The van der Waals surface area contributed by atoms with Gasteiger partial charge >= 0.3 is 0 Å². The molecule has 2 rings (SSSR count). The molecule has 19 heavy (non-hydrogen) atoms. The number of aliphatic hydroxyl groups is 1. The summed E-state index contributed by atoms with van der Waals surface area (Å²) in [6, 6.07) is 0. The Balaban J connectivity index is 2.02. The predicted octanol–water partition coefficient (Wildman–Crippen LogP) is 2.73. The second-order valence-corrected chi connectivity index (χ2v) is 5.91. The van der Waals surface area contributed by atoms with Crippen molar-refractivity contribution in [1.82, 2.24) is 9.36 Å². The standard InChI is InChI=1S/C12H18N4OS2/c1-8-7-18-12(15-8)9-10(13)16-19-11(9)14-5-3-2-4-6-17/h7,14,17H,2-6H2,1H3,(H2,13,16). The molecule has 5 nitrogen and oxygen atoms in total. The van der Waals surface area contributed by atoms with E-state index in [4.69, 9.17) is 10.8 Å². The molecule has 2 aromatic rings. The highest BCUT2D eigenvalue weighted by Crippen LogP contribution is 2.38. The van der Waals surface area contributed by atoms with Crippen LogP contribution in [-0.2, 0) is 0 Å². The third-order valence-electron chi connectivity index (χ3n) is 2.67. The fraction of sp³-hybridized carbons (Fsp3) is 0.500. The van der Waals surface area contributed by atoms with Gasteiger partial charge in [0.05, 0.1) is 5.56 Å². The van der Waals surface area contributed by atoms with Crippen LogP contribution in [-0.4, -0.2) is 27.6 Å². The van der Waals surface area contributed by atoms with E-state index in [1.807, 2.05) is 12.3 Å². The molecule has 7 heteroatoms. The Labute approximate surface area is 120 Å². The minimum Gasteiger partial charge on any atom is -0.396 e. The number of hydrogen-bond acceptors (Lipinski definition) is 7. The van der Waals surface area contributed by atoms with Crippen LogP contribution in [0.15, 0.2) is 5.38 Å². The van der Waals surface area contributed by atoms with Crippen LogP contribution in [0.2, 0.25) is 0 Å². The Kier molecular flexibility index (Phi) is 5.12. The van der Waals surface area contributed by atoms with Crippen molar-refractivity contribution in [2.45, 2.75) is 26.2 Å². The molecule has 0 atom stereocenters. The van der Waals surface area contributed by atoms with Crippen LogP contribution in [0.1, 0.15) is 25.0 Å². The molecule has 0 aliphatic heterocycles. The molecule has 0 aliphatic rings. The lowest BCUT2D eigenvalue weighted by molar-refractivity contribution is 0.283. The molecule has 0 amide bonds. The first-order valence-electron chi connectivity index (χ1n) is 6.24. The van der Waals surface area contributed by atoms with Gasteiger partial charge in [-0.1, -0.05) is 0 Å². The number of thiazole rings is 1. The van der Waals surface area contributed by atoms with Crippen molar-refractivity contribution >= 4 is 33.7 Å². The number of nitrogens with two attached hydrogens (primary N) is 1. The molecule has 0 spiro atoms. The van der Waals surface area contributed by atoms with Gasteiger partial charge in [-0.2, -0.15) is 4.37 Å². The van der Waals surface area contributed by atoms with E-state index in [1.54, 1.807) is 11.3 Å². The molecule has 0 saturated carbocycles. The van der Waals surface area contributed by atoms with Gasteiger partial charge in [-0.3, -0.25) is 0 Å². The third-order valence-corrected chi connectivity index (χ3v) is 4.47. The lowest BCUT2D eigenvalue weighted by Crippen LogP contribution is -2.01. The SMILES string of the molecule is Cc1csc(-c2c(N)nsc2NCCCCCO)n1. The van der Waals surface area contributed by atoms with Crippen molar-refractivity contribution in [2.75, 3.05) is 24.2 Å². The first kappa shape index (κ1) is 14.2. The average Bonchev–Trinajstić information content (AvgIpc) is 2.95. The van der Waals surface area contributed by atoms with Gasteiger partial charge in [0.25, 0.3) is 0 Å². The lowest BCUT2D eigenvalue weighted by atomic mass is 10.2. The normalized spacial score (nSPS) is 10.8. The van der Waals surface area contributed by atoms with Crippen molar-refractivity contribution < 1.29 is 5.11 Å². The number of anilines is 2. The Morgan fingerprint density at radius 3 is 2.89 bits per heavy atom. The largest absolute Gasteiger partial charge is 0.396 e. The average molecular weight is 298 g/mol. The van der Waals surface area contributed by atoms with Crippen LogP contribution in [0.5, 0.6) is 0 Å². The maximum atomic E-state index is 8.73. The molecular weight excluding hydrogens is 280 g/mol. The van der Waals surface area contributed by atoms with E-state index in [-0.39, 0.29) is 6.61 Å². The van der Waals surface area contributed by atoms with Gasteiger partial charge in [0, 0.05) is 24.2 Å². The highest BCUT2D eigenvalue weighted by atomic mass is 32.1. The summed E-state index contributed by atoms with van der Waals surface area (Å²) in [6.07, 6.45) is 2.89. The summed E-state index contributed by atoms with van der Waals surface area (Å²) < 4.78 is 4.20. The molecule has 104 valence electrons. The number of nitrogen functional groups attached to an aromatic ring is 1. The summed E-state index contributed by atoms with van der Waals surface area (Å²) in [6.45, 7) is 3.09. The molecule has 0 unspecified atom stereocenters. The van der Waals surface area contributed by atoms with Gasteiger partial charge in [-0.15, -0.1) is 11.3 Å². The van der Waals surface area contributed by atoms with Crippen LogP contribution in [0.25, 0.3) is 10.6 Å². The lowest BCUT2D eigenvalue weighted by Gasteiger charge is -2.05. The number of nitrogens with zero attached hydrogens (tertiary/aromatic N) is 2. The van der Waals surface area contributed by atoms with E-state index in [2.05, 4.69) is 14.7 Å². The highest BCUT2D eigenvalue weighted by molar-refractivity contribution is 7.15. The monoisotopic (exact) mass is 298 g/mol. The number of aromatic nitrogens is 2.